The maximum Gasteiger partial charge on any atom is 0.0698 e. The number of ether oxygens (including phenoxy) is 1. The van der Waals surface area contributed by atoms with Gasteiger partial charge in [-0.2, -0.15) is 0 Å². The Morgan fingerprint density at radius 1 is 1.00 bits per heavy atom. The van der Waals surface area contributed by atoms with Crippen LogP contribution in [0.2, 0.25) is 0 Å². The van der Waals surface area contributed by atoms with Crippen LogP contribution in [-0.4, -0.2) is 61.2 Å². The molecule has 4 heteroatoms. The smallest absolute Gasteiger partial charge is 0.0698 e. The van der Waals surface area contributed by atoms with Crippen molar-refractivity contribution in [3.63, 3.8) is 0 Å². The second-order valence-electron chi connectivity index (χ2n) is 3.25. The van der Waals surface area contributed by atoms with Crippen molar-refractivity contribution in [3.05, 3.63) is 0 Å². The summed E-state index contributed by atoms with van der Waals surface area (Å²) >= 11 is 0. The Labute approximate surface area is 86.5 Å². The Morgan fingerprint density at radius 3 is 2.36 bits per heavy atom. The van der Waals surface area contributed by atoms with E-state index in [4.69, 9.17) is 14.9 Å². The number of unbranched alkanes of at least 4 members (excludes halogenated alkanes) is 1. The van der Waals surface area contributed by atoms with E-state index in [9.17, 15) is 0 Å². The van der Waals surface area contributed by atoms with E-state index in [1.165, 1.54) is 6.42 Å². The van der Waals surface area contributed by atoms with Gasteiger partial charge in [0, 0.05) is 13.1 Å². The van der Waals surface area contributed by atoms with Gasteiger partial charge in [-0.05, 0) is 13.0 Å². The topological polar surface area (TPSA) is 52.9 Å². The predicted molar refractivity (Wildman–Crippen MR) is 56.3 cm³/mol. The molecule has 0 aromatic carbocycles. The molecule has 4 nitrogen and oxygen atoms in total. The minimum Gasteiger partial charge on any atom is -0.395 e. The molecule has 0 radical (unpaired) electrons. The van der Waals surface area contributed by atoms with Crippen molar-refractivity contribution in [3.8, 4) is 0 Å². The first kappa shape index (κ1) is 13.8. The quantitative estimate of drug-likeness (QED) is 0.496. The molecule has 0 aliphatic heterocycles. The lowest BCUT2D eigenvalue weighted by atomic mass is 10.3. The van der Waals surface area contributed by atoms with Gasteiger partial charge in [0.1, 0.15) is 0 Å². The first-order valence-electron chi connectivity index (χ1n) is 5.37. The zero-order chi connectivity index (χ0) is 10.6. The van der Waals surface area contributed by atoms with Gasteiger partial charge in [-0.3, -0.25) is 4.90 Å². The number of rotatable bonds is 10. The van der Waals surface area contributed by atoms with Crippen LogP contribution in [0.4, 0.5) is 0 Å². The van der Waals surface area contributed by atoms with Gasteiger partial charge in [-0.15, -0.1) is 0 Å². The summed E-state index contributed by atoms with van der Waals surface area (Å²) in [5.74, 6) is 0. The second-order valence-corrected chi connectivity index (χ2v) is 3.25. The molecule has 0 saturated carbocycles. The highest BCUT2D eigenvalue weighted by molar-refractivity contribution is 4.56. The van der Waals surface area contributed by atoms with Gasteiger partial charge in [0.15, 0.2) is 0 Å². The van der Waals surface area contributed by atoms with Crippen LogP contribution in [0.1, 0.15) is 19.8 Å². The number of hydrogen-bond donors (Lipinski definition) is 2. The van der Waals surface area contributed by atoms with Crippen LogP contribution in [-0.2, 0) is 4.74 Å². The molecule has 86 valence electrons. The SMILES string of the molecule is CCCCN(CCO)CCOCCO. The lowest BCUT2D eigenvalue weighted by Crippen LogP contribution is -2.31. The molecule has 0 aromatic rings. The van der Waals surface area contributed by atoms with Crippen molar-refractivity contribution in [1.29, 1.82) is 0 Å². The van der Waals surface area contributed by atoms with Crippen LogP contribution in [0.3, 0.4) is 0 Å². The molecule has 0 bridgehead atoms. The van der Waals surface area contributed by atoms with Crippen molar-refractivity contribution in [2.45, 2.75) is 19.8 Å². The van der Waals surface area contributed by atoms with Crippen LogP contribution >= 0.6 is 0 Å². The highest BCUT2D eigenvalue weighted by atomic mass is 16.5. The van der Waals surface area contributed by atoms with Crippen LogP contribution in [0, 0.1) is 0 Å². The third-order valence-electron chi connectivity index (χ3n) is 2.03. The molecule has 0 aromatic heterocycles. The van der Waals surface area contributed by atoms with Gasteiger partial charge >= 0.3 is 0 Å². The van der Waals surface area contributed by atoms with Crippen LogP contribution in [0.25, 0.3) is 0 Å². The van der Waals surface area contributed by atoms with Gasteiger partial charge in [0.2, 0.25) is 0 Å². The van der Waals surface area contributed by atoms with Crippen molar-refractivity contribution in [2.24, 2.45) is 0 Å². The number of aliphatic hydroxyl groups excluding tert-OH is 2. The predicted octanol–water partition coefficient (Wildman–Crippen LogP) is 0.0897. The fraction of sp³-hybridized carbons (Fsp3) is 1.00. The Balaban J connectivity index is 3.40. The summed E-state index contributed by atoms with van der Waals surface area (Å²) in [5, 5.41) is 17.3. The molecule has 0 atom stereocenters. The zero-order valence-electron chi connectivity index (χ0n) is 9.11. The minimum atomic E-state index is 0.0783. The summed E-state index contributed by atoms with van der Waals surface area (Å²) in [7, 11) is 0. The highest BCUT2D eigenvalue weighted by Crippen LogP contribution is 1.94. The molecular weight excluding hydrogens is 182 g/mol. The molecule has 14 heavy (non-hydrogen) atoms. The van der Waals surface area contributed by atoms with E-state index in [1.807, 2.05) is 0 Å². The number of aliphatic hydroxyl groups is 2. The fourth-order valence-corrected chi connectivity index (χ4v) is 1.22. The van der Waals surface area contributed by atoms with E-state index in [0.717, 1.165) is 19.5 Å². The largest absolute Gasteiger partial charge is 0.395 e. The first-order chi connectivity index (χ1) is 6.85. The summed E-state index contributed by atoms with van der Waals surface area (Å²) in [6, 6.07) is 0. The first-order valence-corrected chi connectivity index (χ1v) is 5.37. The molecule has 0 unspecified atom stereocenters. The number of hydrogen-bond acceptors (Lipinski definition) is 4. The average Bonchev–Trinajstić information content (AvgIpc) is 2.20. The molecule has 0 spiro atoms. The van der Waals surface area contributed by atoms with Crippen molar-refractivity contribution >= 4 is 0 Å². The Kier molecular flexibility index (Phi) is 10.8. The van der Waals surface area contributed by atoms with Crippen molar-refractivity contribution in [1.82, 2.24) is 4.90 Å². The summed E-state index contributed by atoms with van der Waals surface area (Å²) in [6.45, 7) is 6.02. The van der Waals surface area contributed by atoms with Crippen LogP contribution in [0.15, 0.2) is 0 Å². The Hall–Kier alpha value is -0.160. The molecule has 2 N–H and O–H groups in total. The van der Waals surface area contributed by atoms with Crippen LogP contribution in [0.5, 0.6) is 0 Å². The third-order valence-corrected chi connectivity index (χ3v) is 2.03. The normalized spacial score (nSPS) is 11.1. The van der Waals surface area contributed by atoms with Gasteiger partial charge in [-0.25, -0.2) is 0 Å². The maximum atomic E-state index is 8.82. The lowest BCUT2D eigenvalue weighted by Gasteiger charge is -2.20. The fourth-order valence-electron chi connectivity index (χ4n) is 1.22. The second kappa shape index (κ2) is 10.9. The van der Waals surface area contributed by atoms with E-state index >= 15 is 0 Å². The standard InChI is InChI=1S/C10H23NO3/c1-2-3-4-11(5-7-12)6-9-14-10-8-13/h12-13H,2-10H2,1H3. The monoisotopic (exact) mass is 205 g/mol. The average molecular weight is 205 g/mol. The Bertz CT molecular complexity index is 112. The summed E-state index contributed by atoms with van der Waals surface area (Å²) in [5.41, 5.74) is 0. The summed E-state index contributed by atoms with van der Waals surface area (Å²) in [4.78, 5) is 2.18. The maximum absolute atomic E-state index is 8.82. The third kappa shape index (κ3) is 8.44. The molecule has 0 aliphatic rings. The van der Waals surface area contributed by atoms with E-state index in [0.29, 0.717) is 19.8 Å². The molecule has 0 heterocycles. The summed E-state index contributed by atoms with van der Waals surface area (Å²) in [6.07, 6.45) is 2.32. The molecule has 0 saturated heterocycles. The highest BCUT2D eigenvalue weighted by Gasteiger charge is 2.02. The van der Waals surface area contributed by atoms with Crippen molar-refractivity contribution < 1.29 is 14.9 Å². The number of nitrogens with zero attached hydrogens (tertiary/aromatic N) is 1. The molecule has 0 aliphatic carbocycles. The van der Waals surface area contributed by atoms with Gasteiger partial charge in [-0.1, -0.05) is 13.3 Å². The van der Waals surface area contributed by atoms with E-state index in [-0.39, 0.29) is 13.2 Å². The van der Waals surface area contributed by atoms with Crippen molar-refractivity contribution in [2.75, 3.05) is 46.1 Å². The molecule has 0 amide bonds. The van der Waals surface area contributed by atoms with Gasteiger partial charge < -0.3 is 14.9 Å². The summed E-state index contributed by atoms with van der Waals surface area (Å²) < 4.78 is 5.17. The lowest BCUT2D eigenvalue weighted by molar-refractivity contribution is 0.0691. The van der Waals surface area contributed by atoms with Crippen LogP contribution < -0.4 is 0 Å². The van der Waals surface area contributed by atoms with Gasteiger partial charge in [0.25, 0.3) is 0 Å². The van der Waals surface area contributed by atoms with Gasteiger partial charge in [0.05, 0.1) is 26.4 Å². The molecule has 0 fully saturated rings. The minimum absolute atomic E-state index is 0.0783. The molecular formula is C10H23NO3. The van der Waals surface area contributed by atoms with E-state index in [2.05, 4.69) is 11.8 Å². The Morgan fingerprint density at radius 2 is 1.79 bits per heavy atom. The zero-order valence-corrected chi connectivity index (χ0v) is 9.11. The molecule has 0 rings (SSSR count). The van der Waals surface area contributed by atoms with E-state index in [1.54, 1.807) is 0 Å². The van der Waals surface area contributed by atoms with E-state index < -0.39 is 0 Å².